The fourth-order valence-electron chi connectivity index (χ4n) is 2.85. The van der Waals surface area contributed by atoms with Crippen molar-refractivity contribution >= 4 is 17.3 Å². The van der Waals surface area contributed by atoms with Crippen LogP contribution < -0.4 is 4.90 Å². The highest BCUT2D eigenvalue weighted by Crippen LogP contribution is 2.33. The number of rotatable bonds is 4. The number of anilines is 1. The fourth-order valence-corrected chi connectivity index (χ4v) is 2.85. The SMILES string of the molecule is O=C(CC(O)c1cccc(F)c1)N1CCc2ccc([N+](=O)[O-])cc21. The van der Waals surface area contributed by atoms with Crippen LogP contribution in [0.4, 0.5) is 15.8 Å². The molecule has 6 nitrogen and oxygen atoms in total. The van der Waals surface area contributed by atoms with Crippen molar-refractivity contribution in [3.63, 3.8) is 0 Å². The van der Waals surface area contributed by atoms with Crippen LogP contribution in [0.15, 0.2) is 42.5 Å². The number of nitro groups is 1. The molecule has 0 radical (unpaired) electrons. The largest absolute Gasteiger partial charge is 0.388 e. The molecule has 1 aliphatic heterocycles. The van der Waals surface area contributed by atoms with E-state index in [0.717, 1.165) is 5.56 Å². The van der Waals surface area contributed by atoms with Crippen LogP contribution in [0.25, 0.3) is 0 Å². The van der Waals surface area contributed by atoms with E-state index in [1.165, 1.54) is 35.2 Å². The summed E-state index contributed by atoms with van der Waals surface area (Å²) in [4.78, 5) is 24.3. The maximum Gasteiger partial charge on any atom is 0.271 e. The normalized spacial score (nSPS) is 14.3. The Morgan fingerprint density at radius 3 is 2.83 bits per heavy atom. The molecule has 24 heavy (non-hydrogen) atoms. The summed E-state index contributed by atoms with van der Waals surface area (Å²) in [5.41, 5.74) is 1.59. The molecular formula is C17H15FN2O4. The predicted molar refractivity (Wildman–Crippen MR) is 85.1 cm³/mol. The molecule has 2 aromatic carbocycles. The molecule has 0 saturated carbocycles. The van der Waals surface area contributed by atoms with Crippen LogP contribution in [-0.4, -0.2) is 22.5 Å². The average molecular weight is 330 g/mol. The molecule has 1 atom stereocenters. The molecule has 1 aliphatic rings. The molecule has 1 unspecified atom stereocenters. The zero-order valence-corrected chi connectivity index (χ0v) is 12.7. The van der Waals surface area contributed by atoms with Crippen molar-refractivity contribution in [1.29, 1.82) is 0 Å². The third kappa shape index (κ3) is 3.11. The van der Waals surface area contributed by atoms with Crippen molar-refractivity contribution < 1.29 is 19.2 Å². The zero-order valence-electron chi connectivity index (χ0n) is 12.7. The maximum absolute atomic E-state index is 13.2. The lowest BCUT2D eigenvalue weighted by molar-refractivity contribution is -0.384. The highest BCUT2D eigenvalue weighted by molar-refractivity contribution is 5.96. The summed E-state index contributed by atoms with van der Waals surface area (Å²) in [5, 5.41) is 21.0. The van der Waals surface area contributed by atoms with Crippen molar-refractivity contribution in [3.8, 4) is 0 Å². The third-order valence-corrected chi connectivity index (χ3v) is 4.08. The Balaban J connectivity index is 1.78. The van der Waals surface area contributed by atoms with Crippen LogP contribution in [0.3, 0.4) is 0 Å². The number of carbonyl (C=O) groups is 1. The first-order chi connectivity index (χ1) is 11.5. The number of fused-ring (bicyclic) bond motifs is 1. The van der Waals surface area contributed by atoms with E-state index in [-0.39, 0.29) is 18.0 Å². The number of benzene rings is 2. The van der Waals surface area contributed by atoms with Gasteiger partial charge in [0.1, 0.15) is 5.82 Å². The minimum atomic E-state index is -1.13. The van der Waals surface area contributed by atoms with Gasteiger partial charge in [0.25, 0.3) is 5.69 Å². The van der Waals surface area contributed by atoms with Crippen LogP contribution in [0.1, 0.15) is 23.7 Å². The minimum Gasteiger partial charge on any atom is -0.388 e. The van der Waals surface area contributed by atoms with E-state index in [1.54, 1.807) is 12.1 Å². The first-order valence-corrected chi connectivity index (χ1v) is 7.47. The van der Waals surface area contributed by atoms with Gasteiger partial charge in [-0.3, -0.25) is 14.9 Å². The van der Waals surface area contributed by atoms with Gasteiger partial charge in [0.15, 0.2) is 0 Å². The van der Waals surface area contributed by atoms with E-state index in [0.29, 0.717) is 24.2 Å². The molecular weight excluding hydrogens is 315 g/mol. The van der Waals surface area contributed by atoms with Crippen molar-refractivity contribution in [3.05, 3.63) is 69.5 Å². The Kier molecular flexibility index (Phi) is 4.26. The van der Waals surface area contributed by atoms with Gasteiger partial charge in [0.2, 0.25) is 5.91 Å². The van der Waals surface area contributed by atoms with E-state index < -0.39 is 16.8 Å². The van der Waals surface area contributed by atoms with E-state index in [1.807, 2.05) is 0 Å². The average Bonchev–Trinajstić information content (AvgIpc) is 2.97. The van der Waals surface area contributed by atoms with Gasteiger partial charge in [-0.25, -0.2) is 4.39 Å². The number of nitro benzene ring substituents is 1. The van der Waals surface area contributed by atoms with Crippen molar-refractivity contribution in [2.45, 2.75) is 18.9 Å². The summed E-state index contributed by atoms with van der Waals surface area (Å²) in [6.07, 6.45) is -0.739. The van der Waals surface area contributed by atoms with Crippen LogP contribution in [-0.2, 0) is 11.2 Å². The molecule has 0 saturated heterocycles. The summed E-state index contributed by atoms with van der Waals surface area (Å²) in [5.74, 6) is -0.841. The number of hydrogen-bond acceptors (Lipinski definition) is 4. The monoisotopic (exact) mass is 330 g/mol. The van der Waals surface area contributed by atoms with Gasteiger partial charge in [0.05, 0.1) is 23.1 Å². The minimum absolute atomic E-state index is 0.0841. The predicted octanol–water partition coefficient (Wildman–Crippen LogP) is 2.75. The molecule has 0 aliphatic carbocycles. The summed E-state index contributed by atoms with van der Waals surface area (Å²) in [7, 11) is 0. The fraction of sp³-hybridized carbons (Fsp3) is 0.235. The second-order valence-electron chi connectivity index (χ2n) is 5.64. The Labute approximate surface area is 137 Å². The Morgan fingerprint density at radius 2 is 2.12 bits per heavy atom. The van der Waals surface area contributed by atoms with Gasteiger partial charge < -0.3 is 10.0 Å². The lowest BCUT2D eigenvalue weighted by atomic mass is 10.1. The van der Waals surface area contributed by atoms with Gasteiger partial charge >= 0.3 is 0 Å². The number of hydrogen-bond donors (Lipinski definition) is 1. The molecule has 1 heterocycles. The molecule has 124 valence electrons. The van der Waals surface area contributed by atoms with Crippen LogP contribution >= 0.6 is 0 Å². The summed E-state index contributed by atoms with van der Waals surface area (Å²) >= 11 is 0. The smallest absolute Gasteiger partial charge is 0.271 e. The molecule has 1 amide bonds. The van der Waals surface area contributed by atoms with Crippen LogP contribution in [0, 0.1) is 15.9 Å². The molecule has 0 spiro atoms. The number of non-ortho nitro benzene ring substituents is 1. The van der Waals surface area contributed by atoms with E-state index in [2.05, 4.69) is 0 Å². The lowest BCUT2D eigenvalue weighted by Gasteiger charge is -2.19. The molecule has 1 N–H and O–H groups in total. The molecule has 7 heteroatoms. The topological polar surface area (TPSA) is 83.7 Å². The van der Waals surface area contributed by atoms with Crippen molar-refractivity contribution in [2.24, 2.45) is 0 Å². The second kappa shape index (κ2) is 6.37. The number of carbonyl (C=O) groups excluding carboxylic acids is 1. The summed E-state index contributed by atoms with van der Waals surface area (Å²) in [6.45, 7) is 0.408. The Bertz CT molecular complexity index is 809. The van der Waals surface area contributed by atoms with Gasteiger partial charge in [-0.1, -0.05) is 18.2 Å². The highest BCUT2D eigenvalue weighted by atomic mass is 19.1. The first-order valence-electron chi connectivity index (χ1n) is 7.47. The number of nitrogens with zero attached hydrogens (tertiary/aromatic N) is 2. The van der Waals surface area contributed by atoms with E-state index in [9.17, 15) is 24.4 Å². The Hall–Kier alpha value is -2.80. The number of aliphatic hydroxyl groups is 1. The zero-order chi connectivity index (χ0) is 17.3. The van der Waals surface area contributed by atoms with Crippen LogP contribution in [0.2, 0.25) is 0 Å². The van der Waals surface area contributed by atoms with E-state index >= 15 is 0 Å². The Morgan fingerprint density at radius 1 is 1.33 bits per heavy atom. The second-order valence-corrected chi connectivity index (χ2v) is 5.64. The molecule has 0 fully saturated rings. The molecule has 3 rings (SSSR count). The van der Waals surface area contributed by atoms with Crippen molar-refractivity contribution in [2.75, 3.05) is 11.4 Å². The number of aliphatic hydroxyl groups excluding tert-OH is 1. The van der Waals surface area contributed by atoms with Gasteiger partial charge in [0, 0.05) is 18.7 Å². The lowest BCUT2D eigenvalue weighted by Crippen LogP contribution is -2.30. The first kappa shape index (κ1) is 16.1. The molecule has 0 aromatic heterocycles. The number of amides is 1. The van der Waals surface area contributed by atoms with E-state index in [4.69, 9.17) is 0 Å². The van der Waals surface area contributed by atoms with Crippen molar-refractivity contribution in [1.82, 2.24) is 0 Å². The quantitative estimate of drug-likeness (QED) is 0.690. The van der Waals surface area contributed by atoms with Gasteiger partial charge in [-0.2, -0.15) is 0 Å². The van der Waals surface area contributed by atoms with Gasteiger partial charge in [-0.15, -0.1) is 0 Å². The molecule has 0 bridgehead atoms. The highest BCUT2D eigenvalue weighted by Gasteiger charge is 2.28. The van der Waals surface area contributed by atoms with Crippen LogP contribution in [0.5, 0.6) is 0 Å². The van der Waals surface area contributed by atoms with Gasteiger partial charge in [-0.05, 0) is 29.7 Å². The third-order valence-electron chi connectivity index (χ3n) is 4.08. The maximum atomic E-state index is 13.2. The molecule has 2 aromatic rings. The summed E-state index contributed by atoms with van der Waals surface area (Å²) < 4.78 is 13.2. The standard InChI is InChI=1S/C17H15FN2O4/c18-13-3-1-2-12(8-13)16(21)10-17(22)19-7-6-11-4-5-14(20(23)24)9-15(11)19/h1-5,8-9,16,21H,6-7,10H2. The number of halogens is 1. The summed E-state index contributed by atoms with van der Waals surface area (Å²) in [6, 6.07) is 9.87.